The van der Waals surface area contributed by atoms with Crippen molar-refractivity contribution in [2.75, 3.05) is 0 Å². The summed E-state index contributed by atoms with van der Waals surface area (Å²) in [6.07, 6.45) is 0. The molecule has 0 unspecified atom stereocenters. The molecule has 0 amide bonds. The predicted octanol–water partition coefficient (Wildman–Crippen LogP) is 2.40. The normalized spacial score (nSPS) is 10.5. The Morgan fingerprint density at radius 3 is 2.17 bits per heavy atom. The fraction of sp³-hybridized carbons (Fsp3) is 0.200. The van der Waals surface area contributed by atoms with Gasteiger partial charge in [0.15, 0.2) is 0 Å². The maximum absolute atomic E-state index is 8.93. The second-order valence-electron chi connectivity index (χ2n) is 4.07. The average molecular weight is 243 g/mol. The second-order valence-corrected chi connectivity index (χ2v) is 4.07. The third kappa shape index (κ3) is 3.96. The Bertz CT molecular complexity index is 454. The van der Waals surface area contributed by atoms with Crippen LogP contribution in [0.3, 0.4) is 0 Å². The molecule has 0 aromatic heterocycles. The molecule has 2 aromatic carbocycles. The van der Waals surface area contributed by atoms with Gasteiger partial charge in [-0.1, -0.05) is 54.6 Å². The maximum Gasteiger partial charge on any atom is 0.0933 e. The summed E-state index contributed by atoms with van der Waals surface area (Å²) >= 11 is 0. The van der Waals surface area contributed by atoms with Crippen molar-refractivity contribution in [2.24, 2.45) is 0 Å². The second kappa shape index (κ2) is 6.91. The number of hydroxylamine groups is 1. The highest BCUT2D eigenvalue weighted by Gasteiger charge is 1.95. The van der Waals surface area contributed by atoms with Crippen LogP contribution in [0.2, 0.25) is 0 Å². The Morgan fingerprint density at radius 2 is 1.50 bits per heavy atom. The minimum atomic E-state index is 0.0816. The molecule has 0 heterocycles. The van der Waals surface area contributed by atoms with Gasteiger partial charge in [0.2, 0.25) is 0 Å². The molecule has 0 aliphatic carbocycles. The van der Waals surface area contributed by atoms with Crippen LogP contribution in [0.1, 0.15) is 16.7 Å². The van der Waals surface area contributed by atoms with Crippen LogP contribution in [0, 0.1) is 0 Å². The zero-order valence-corrected chi connectivity index (χ0v) is 10.2. The van der Waals surface area contributed by atoms with Gasteiger partial charge in [0.25, 0.3) is 0 Å². The van der Waals surface area contributed by atoms with E-state index < -0.39 is 0 Å². The largest absolute Gasteiger partial charge is 0.392 e. The van der Waals surface area contributed by atoms with Crippen molar-refractivity contribution >= 4 is 0 Å². The van der Waals surface area contributed by atoms with Gasteiger partial charge in [0.05, 0.1) is 13.2 Å². The summed E-state index contributed by atoms with van der Waals surface area (Å²) in [5.74, 6) is 0. The lowest BCUT2D eigenvalue weighted by atomic mass is 10.1. The quantitative estimate of drug-likeness (QED) is 0.604. The maximum atomic E-state index is 8.93. The molecular weight excluding hydrogens is 226 g/mol. The minimum Gasteiger partial charge on any atom is -0.392 e. The molecule has 0 bridgehead atoms. The number of aliphatic hydroxyl groups excluding tert-OH is 1. The van der Waals surface area contributed by atoms with E-state index in [1.807, 2.05) is 54.6 Å². The first-order valence-electron chi connectivity index (χ1n) is 5.96. The monoisotopic (exact) mass is 243 g/mol. The van der Waals surface area contributed by atoms with Crippen molar-refractivity contribution in [1.82, 2.24) is 5.48 Å². The average Bonchev–Trinajstić information content (AvgIpc) is 2.45. The highest BCUT2D eigenvalue weighted by molar-refractivity contribution is 5.21. The van der Waals surface area contributed by atoms with E-state index in [9.17, 15) is 0 Å². The highest BCUT2D eigenvalue weighted by Crippen LogP contribution is 2.04. The predicted molar refractivity (Wildman–Crippen MR) is 70.4 cm³/mol. The van der Waals surface area contributed by atoms with Gasteiger partial charge in [0.1, 0.15) is 0 Å². The van der Waals surface area contributed by atoms with E-state index in [4.69, 9.17) is 9.94 Å². The van der Waals surface area contributed by atoms with Crippen LogP contribution in [0.4, 0.5) is 0 Å². The molecule has 3 heteroatoms. The van der Waals surface area contributed by atoms with Crippen molar-refractivity contribution in [3.8, 4) is 0 Å². The summed E-state index contributed by atoms with van der Waals surface area (Å²) in [7, 11) is 0. The molecule has 0 spiro atoms. The van der Waals surface area contributed by atoms with Gasteiger partial charge in [-0.05, 0) is 16.7 Å². The van der Waals surface area contributed by atoms with E-state index in [0.29, 0.717) is 13.2 Å². The summed E-state index contributed by atoms with van der Waals surface area (Å²) in [5, 5.41) is 8.93. The zero-order valence-electron chi connectivity index (χ0n) is 10.2. The topological polar surface area (TPSA) is 41.5 Å². The molecule has 94 valence electrons. The van der Waals surface area contributed by atoms with Gasteiger partial charge in [-0.2, -0.15) is 5.48 Å². The summed E-state index contributed by atoms with van der Waals surface area (Å²) in [5.41, 5.74) is 6.11. The van der Waals surface area contributed by atoms with Crippen molar-refractivity contribution < 1.29 is 9.94 Å². The van der Waals surface area contributed by atoms with Gasteiger partial charge < -0.3 is 5.11 Å². The van der Waals surface area contributed by atoms with Crippen LogP contribution in [0.15, 0.2) is 54.6 Å². The first-order chi connectivity index (χ1) is 8.88. The Balaban J connectivity index is 1.72. The number of benzene rings is 2. The summed E-state index contributed by atoms with van der Waals surface area (Å²) in [6.45, 7) is 1.28. The Labute approximate surface area is 107 Å². The van der Waals surface area contributed by atoms with Gasteiger partial charge in [-0.25, -0.2) is 0 Å². The Kier molecular flexibility index (Phi) is 4.90. The third-order valence-corrected chi connectivity index (χ3v) is 2.67. The van der Waals surface area contributed by atoms with Crippen molar-refractivity contribution in [3.63, 3.8) is 0 Å². The molecule has 0 aliphatic heterocycles. The molecule has 0 aliphatic rings. The van der Waals surface area contributed by atoms with E-state index in [1.54, 1.807) is 0 Å². The number of hydrogen-bond acceptors (Lipinski definition) is 3. The van der Waals surface area contributed by atoms with Gasteiger partial charge in [0, 0.05) is 6.54 Å². The van der Waals surface area contributed by atoms with Crippen LogP contribution < -0.4 is 5.48 Å². The van der Waals surface area contributed by atoms with Crippen LogP contribution >= 0.6 is 0 Å². The van der Waals surface area contributed by atoms with E-state index in [1.165, 1.54) is 0 Å². The lowest BCUT2D eigenvalue weighted by Gasteiger charge is -2.06. The lowest BCUT2D eigenvalue weighted by molar-refractivity contribution is 0.0235. The van der Waals surface area contributed by atoms with Crippen LogP contribution in [0.5, 0.6) is 0 Å². The van der Waals surface area contributed by atoms with E-state index in [-0.39, 0.29) is 6.61 Å². The SMILES string of the molecule is OCc1ccc(CNOCc2ccccc2)cc1. The summed E-state index contributed by atoms with van der Waals surface area (Å²) in [6, 6.07) is 17.8. The van der Waals surface area contributed by atoms with Crippen molar-refractivity contribution in [1.29, 1.82) is 0 Å². The molecule has 2 N–H and O–H groups in total. The Hall–Kier alpha value is -1.68. The van der Waals surface area contributed by atoms with Crippen molar-refractivity contribution in [2.45, 2.75) is 19.8 Å². The standard InChI is InChI=1S/C15H17NO2/c17-11-14-8-6-13(7-9-14)10-16-18-12-15-4-2-1-3-5-15/h1-9,16-17H,10-12H2. The lowest BCUT2D eigenvalue weighted by Crippen LogP contribution is -2.13. The number of hydrogen-bond donors (Lipinski definition) is 2. The van der Waals surface area contributed by atoms with E-state index >= 15 is 0 Å². The molecule has 2 aromatic rings. The van der Waals surface area contributed by atoms with Crippen LogP contribution in [-0.4, -0.2) is 5.11 Å². The number of aliphatic hydroxyl groups is 1. The molecule has 0 fully saturated rings. The molecule has 0 atom stereocenters. The highest BCUT2D eigenvalue weighted by atomic mass is 16.6. The third-order valence-electron chi connectivity index (χ3n) is 2.67. The van der Waals surface area contributed by atoms with Gasteiger partial charge >= 0.3 is 0 Å². The molecular formula is C15H17NO2. The molecule has 0 radical (unpaired) electrons. The number of nitrogens with one attached hydrogen (secondary N) is 1. The summed E-state index contributed by atoms with van der Waals surface area (Å²) < 4.78 is 0. The first kappa shape index (κ1) is 12.8. The fourth-order valence-electron chi connectivity index (χ4n) is 1.61. The van der Waals surface area contributed by atoms with Gasteiger partial charge in [-0.15, -0.1) is 0 Å². The molecule has 2 rings (SSSR count). The minimum absolute atomic E-state index is 0.0816. The molecule has 3 nitrogen and oxygen atoms in total. The van der Waals surface area contributed by atoms with E-state index in [0.717, 1.165) is 16.7 Å². The molecule has 0 saturated carbocycles. The van der Waals surface area contributed by atoms with Crippen molar-refractivity contribution in [3.05, 3.63) is 71.3 Å². The molecule has 0 saturated heterocycles. The van der Waals surface area contributed by atoms with Crippen LogP contribution in [0.25, 0.3) is 0 Å². The van der Waals surface area contributed by atoms with Crippen LogP contribution in [-0.2, 0) is 24.6 Å². The number of rotatable bonds is 6. The fourth-order valence-corrected chi connectivity index (χ4v) is 1.61. The van der Waals surface area contributed by atoms with E-state index in [2.05, 4.69) is 5.48 Å². The Morgan fingerprint density at radius 1 is 0.833 bits per heavy atom. The smallest absolute Gasteiger partial charge is 0.0933 e. The first-order valence-corrected chi connectivity index (χ1v) is 5.96. The van der Waals surface area contributed by atoms with Gasteiger partial charge in [-0.3, -0.25) is 4.84 Å². The zero-order chi connectivity index (χ0) is 12.6. The molecule has 18 heavy (non-hydrogen) atoms. The summed E-state index contributed by atoms with van der Waals surface area (Å²) in [4.78, 5) is 5.38.